The molecule has 0 saturated carbocycles. The lowest BCUT2D eigenvalue weighted by Gasteiger charge is -2.10. The molecule has 0 fully saturated rings. The van der Waals surface area contributed by atoms with Gasteiger partial charge in [-0.2, -0.15) is 0 Å². The first-order valence-electron chi connectivity index (χ1n) is 5.43. The van der Waals surface area contributed by atoms with Crippen molar-refractivity contribution < 1.29 is 4.74 Å². The van der Waals surface area contributed by atoms with Gasteiger partial charge >= 0.3 is 0 Å². The first-order chi connectivity index (χ1) is 9.08. The fourth-order valence-electron chi connectivity index (χ4n) is 1.51. The first kappa shape index (κ1) is 14.0. The van der Waals surface area contributed by atoms with Gasteiger partial charge in [0.15, 0.2) is 5.82 Å². The largest absolute Gasteiger partial charge is 0.384 e. The molecule has 3 N–H and O–H groups in total. The summed E-state index contributed by atoms with van der Waals surface area (Å²) < 4.78 is 5.87. The van der Waals surface area contributed by atoms with E-state index in [1.165, 1.54) is 0 Å². The van der Waals surface area contributed by atoms with E-state index in [4.69, 9.17) is 22.1 Å². The van der Waals surface area contributed by atoms with E-state index < -0.39 is 0 Å². The van der Waals surface area contributed by atoms with Crippen molar-refractivity contribution in [2.24, 2.45) is 0 Å². The van der Waals surface area contributed by atoms with Crippen molar-refractivity contribution in [1.29, 1.82) is 0 Å². The quantitative estimate of drug-likeness (QED) is 0.890. The Morgan fingerprint density at radius 2 is 2.16 bits per heavy atom. The van der Waals surface area contributed by atoms with E-state index in [0.717, 1.165) is 10.2 Å². The van der Waals surface area contributed by atoms with E-state index in [1.807, 2.05) is 6.07 Å². The Morgan fingerprint density at radius 3 is 2.89 bits per heavy atom. The summed E-state index contributed by atoms with van der Waals surface area (Å²) in [7, 11) is 1.58. The van der Waals surface area contributed by atoms with Gasteiger partial charge in [0.2, 0.25) is 0 Å². The number of nitrogens with one attached hydrogen (secondary N) is 1. The van der Waals surface area contributed by atoms with Gasteiger partial charge < -0.3 is 15.8 Å². The van der Waals surface area contributed by atoms with Crippen LogP contribution in [0, 0.1) is 0 Å². The highest BCUT2D eigenvalue weighted by Gasteiger charge is 2.06. The van der Waals surface area contributed by atoms with E-state index in [1.54, 1.807) is 25.3 Å². The van der Waals surface area contributed by atoms with Gasteiger partial charge in [0, 0.05) is 22.7 Å². The molecule has 2 aromatic rings. The van der Waals surface area contributed by atoms with Crippen molar-refractivity contribution >= 4 is 44.9 Å². The lowest BCUT2D eigenvalue weighted by molar-refractivity contribution is 0.178. The van der Waals surface area contributed by atoms with Crippen LogP contribution in [0.5, 0.6) is 0 Å². The summed E-state index contributed by atoms with van der Waals surface area (Å²) in [6, 6.07) is 7.08. The lowest BCUT2D eigenvalue weighted by atomic mass is 10.3. The van der Waals surface area contributed by atoms with Crippen LogP contribution in [0.25, 0.3) is 0 Å². The van der Waals surface area contributed by atoms with Crippen molar-refractivity contribution in [3.8, 4) is 0 Å². The van der Waals surface area contributed by atoms with Gasteiger partial charge in [-0.25, -0.2) is 9.97 Å². The van der Waals surface area contributed by atoms with Crippen LogP contribution in [0.4, 0.5) is 17.3 Å². The molecule has 0 amide bonds. The number of hydrogen-bond acceptors (Lipinski definition) is 5. The maximum Gasteiger partial charge on any atom is 0.158 e. The lowest BCUT2D eigenvalue weighted by Crippen LogP contribution is -2.04. The average Bonchev–Trinajstić information content (AvgIpc) is 2.33. The molecule has 7 heteroatoms. The van der Waals surface area contributed by atoms with Crippen LogP contribution in [0.3, 0.4) is 0 Å². The minimum atomic E-state index is 0.302. The summed E-state index contributed by atoms with van der Waals surface area (Å²) in [5, 5.41) is 3.76. The molecule has 0 aliphatic carbocycles. The molecule has 0 aliphatic heterocycles. The number of methoxy groups -OCH3 is 1. The molecule has 0 bridgehead atoms. The number of ether oxygens (including phenoxy) is 1. The minimum Gasteiger partial charge on any atom is -0.384 e. The highest BCUT2D eigenvalue weighted by atomic mass is 79.9. The Balaban J connectivity index is 2.29. The Morgan fingerprint density at radius 1 is 1.37 bits per heavy atom. The van der Waals surface area contributed by atoms with Crippen molar-refractivity contribution in [2.45, 2.75) is 6.61 Å². The highest BCUT2D eigenvalue weighted by Crippen LogP contribution is 2.28. The Hall–Kier alpha value is -1.37. The van der Waals surface area contributed by atoms with Gasteiger partial charge in [-0.05, 0) is 34.1 Å². The molecule has 1 aromatic heterocycles. The summed E-state index contributed by atoms with van der Waals surface area (Å²) in [5.41, 5.74) is 6.53. The maximum absolute atomic E-state index is 5.96. The Labute approximate surface area is 124 Å². The maximum atomic E-state index is 5.96. The molecule has 0 radical (unpaired) electrons. The van der Waals surface area contributed by atoms with Gasteiger partial charge in [0.25, 0.3) is 0 Å². The zero-order valence-electron chi connectivity index (χ0n) is 10.2. The van der Waals surface area contributed by atoms with Crippen molar-refractivity contribution in [1.82, 2.24) is 9.97 Å². The smallest absolute Gasteiger partial charge is 0.158 e. The Kier molecular flexibility index (Phi) is 4.57. The number of nitrogens with zero attached hydrogens (tertiary/aromatic N) is 2. The molecular weight excluding hydrogens is 332 g/mol. The van der Waals surface area contributed by atoms with Crippen molar-refractivity contribution in [3.05, 3.63) is 39.6 Å². The molecular formula is C12H12BrClN4O. The fraction of sp³-hybridized carbons (Fsp3) is 0.167. The zero-order valence-corrected chi connectivity index (χ0v) is 12.5. The second kappa shape index (κ2) is 6.18. The van der Waals surface area contributed by atoms with Crippen molar-refractivity contribution in [3.63, 3.8) is 0 Å². The summed E-state index contributed by atoms with van der Waals surface area (Å²) in [6.07, 6.45) is 0. The van der Waals surface area contributed by atoms with E-state index in [2.05, 4.69) is 31.2 Å². The number of aromatic nitrogens is 2. The van der Waals surface area contributed by atoms with Crippen molar-refractivity contribution in [2.75, 3.05) is 18.2 Å². The monoisotopic (exact) mass is 342 g/mol. The summed E-state index contributed by atoms with van der Waals surface area (Å²) in [4.78, 5) is 8.37. The molecule has 0 aliphatic rings. The van der Waals surface area contributed by atoms with Crippen LogP contribution >= 0.6 is 27.5 Å². The fourth-order valence-corrected chi connectivity index (χ4v) is 2.02. The second-order valence-corrected chi connectivity index (χ2v) is 5.07. The highest BCUT2D eigenvalue weighted by molar-refractivity contribution is 9.10. The normalized spacial score (nSPS) is 10.5. The predicted molar refractivity (Wildman–Crippen MR) is 79.6 cm³/mol. The molecule has 1 aromatic carbocycles. The predicted octanol–water partition coefficient (Wildman–Crippen LogP) is 3.36. The van der Waals surface area contributed by atoms with Gasteiger partial charge in [-0.1, -0.05) is 11.6 Å². The topological polar surface area (TPSA) is 73.1 Å². The standard InChI is InChI=1S/C12H12BrClN4O/c1-19-6-12-17-10(15)5-11(18-12)16-9-4-7(14)2-3-8(9)13/h2-5H,6H2,1H3,(H3,15,16,17,18). The number of nitrogens with two attached hydrogens (primary N) is 1. The third-order valence-electron chi connectivity index (χ3n) is 2.26. The average molecular weight is 344 g/mol. The van der Waals surface area contributed by atoms with Gasteiger partial charge in [0.1, 0.15) is 18.2 Å². The van der Waals surface area contributed by atoms with E-state index in [-0.39, 0.29) is 0 Å². The van der Waals surface area contributed by atoms with Crippen LogP contribution in [0.2, 0.25) is 5.02 Å². The number of nitrogen functional groups attached to an aromatic ring is 1. The number of benzene rings is 1. The van der Waals surface area contributed by atoms with E-state index in [0.29, 0.717) is 29.1 Å². The van der Waals surface area contributed by atoms with Gasteiger partial charge in [-0.3, -0.25) is 0 Å². The Bertz CT molecular complexity index is 594. The molecule has 0 saturated heterocycles. The first-order valence-corrected chi connectivity index (χ1v) is 6.60. The van der Waals surface area contributed by atoms with Crippen LogP contribution in [0.1, 0.15) is 5.82 Å². The summed E-state index contributed by atoms with van der Waals surface area (Å²) in [6.45, 7) is 0.302. The van der Waals surface area contributed by atoms with Crippen LogP contribution in [-0.2, 0) is 11.3 Å². The van der Waals surface area contributed by atoms with Crippen LogP contribution in [-0.4, -0.2) is 17.1 Å². The third-order valence-corrected chi connectivity index (χ3v) is 3.18. The van der Waals surface area contributed by atoms with E-state index >= 15 is 0 Å². The van der Waals surface area contributed by atoms with Gasteiger partial charge in [0.05, 0.1) is 5.69 Å². The van der Waals surface area contributed by atoms with E-state index in [9.17, 15) is 0 Å². The SMILES string of the molecule is COCc1nc(N)cc(Nc2cc(Cl)ccc2Br)n1. The van der Waals surface area contributed by atoms with Crippen LogP contribution < -0.4 is 11.1 Å². The summed E-state index contributed by atoms with van der Waals surface area (Å²) >= 11 is 9.39. The van der Waals surface area contributed by atoms with Gasteiger partial charge in [-0.15, -0.1) is 0 Å². The third kappa shape index (κ3) is 3.79. The number of hydrogen-bond donors (Lipinski definition) is 2. The molecule has 2 rings (SSSR count). The zero-order chi connectivity index (χ0) is 13.8. The number of halogens is 2. The molecule has 19 heavy (non-hydrogen) atoms. The molecule has 0 unspecified atom stereocenters. The van der Waals surface area contributed by atoms with Crippen LogP contribution in [0.15, 0.2) is 28.7 Å². The molecule has 0 spiro atoms. The minimum absolute atomic E-state index is 0.302. The number of rotatable bonds is 4. The summed E-state index contributed by atoms with van der Waals surface area (Å²) in [5.74, 6) is 1.48. The molecule has 5 nitrogen and oxygen atoms in total. The number of anilines is 3. The molecule has 100 valence electrons. The molecule has 1 heterocycles. The second-order valence-electron chi connectivity index (χ2n) is 3.78. The molecule has 0 atom stereocenters.